The topological polar surface area (TPSA) is 70.7 Å². The van der Waals surface area contributed by atoms with Crippen molar-refractivity contribution < 1.29 is 14.3 Å². The molecule has 0 radical (unpaired) electrons. The van der Waals surface area contributed by atoms with E-state index < -0.39 is 6.09 Å². The SMILES string of the molecule is CCOC(=O)NCCNC(=O)N(C)C. The van der Waals surface area contributed by atoms with Crippen LogP contribution >= 0.6 is 0 Å². The van der Waals surface area contributed by atoms with Crippen LogP contribution in [-0.4, -0.2) is 50.8 Å². The van der Waals surface area contributed by atoms with Gasteiger partial charge in [0.1, 0.15) is 0 Å². The lowest BCUT2D eigenvalue weighted by atomic mass is 10.6. The first-order valence-corrected chi connectivity index (χ1v) is 4.43. The van der Waals surface area contributed by atoms with E-state index >= 15 is 0 Å². The Bertz CT molecular complexity index is 194. The first-order chi connectivity index (χ1) is 6.57. The van der Waals surface area contributed by atoms with Crippen LogP contribution in [0.1, 0.15) is 6.92 Å². The number of hydrogen-bond donors (Lipinski definition) is 2. The third-order valence-corrected chi connectivity index (χ3v) is 1.35. The second kappa shape index (κ2) is 6.99. The number of ether oxygens (including phenoxy) is 1. The van der Waals surface area contributed by atoms with Crippen LogP contribution in [0.4, 0.5) is 9.59 Å². The molecule has 0 spiro atoms. The van der Waals surface area contributed by atoms with Crippen LogP contribution in [0.15, 0.2) is 0 Å². The summed E-state index contributed by atoms with van der Waals surface area (Å²) in [6.45, 7) is 2.82. The van der Waals surface area contributed by atoms with E-state index in [1.807, 2.05) is 0 Å². The molecular weight excluding hydrogens is 186 g/mol. The summed E-state index contributed by atoms with van der Waals surface area (Å²) >= 11 is 0. The summed E-state index contributed by atoms with van der Waals surface area (Å²) in [4.78, 5) is 23.2. The number of nitrogens with zero attached hydrogens (tertiary/aromatic N) is 1. The summed E-state index contributed by atoms with van der Waals surface area (Å²) in [5.41, 5.74) is 0. The van der Waals surface area contributed by atoms with Crippen LogP contribution in [0.2, 0.25) is 0 Å². The fourth-order valence-electron chi connectivity index (χ4n) is 0.674. The van der Waals surface area contributed by atoms with Crippen molar-refractivity contribution in [2.24, 2.45) is 0 Å². The molecule has 0 aromatic carbocycles. The number of carbonyl (C=O) groups is 2. The molecule has 6 heteroatoms. The number of amides is 3. The Hall–Kier alpha value is -1.46. The predicted molar refractivity (Wildman–Crippen MR) is 52.1 cm³/mol. The van der Waals surface area contributed by atoms with Crippen LogP contribution in [-0.2, 0) is 4.74 Å². The summed E-state index contributed by atoms with van der Waals surface area (Å²) in [6.07, 6.45) is -0.466. The van der Waals surface area contributed by atoms with E-state index in [0.717, 1.165) is 0 Å². The first-order valence-electron chi connectivity index (χ1n) is 4.43. The zero-order chi connectivity index (χ0) is 11.0. The molecule has 0 bridgehead atoms. The number of urea groups is 1. The summed E-state index contributed by atoms with van der Waals surface area (Å²) in [6, 6.07) is -0.185. The summed E-state index contributed by atoms with van der Waals surface area (Å²) in [7, 11) is 3.29. The Morgan fingerprint density at radius 2 is 1.79 bits per heavy atom. The van der Waals surface area contributed by atoms with Crippen molar-refractivity contribution in [2.75, 3.05) is 33.8 Å². The molecule has 0 saturated heterocycles. The number of rotatable bonds is 4. The molecule has 0 atom stereocenters. The van der Waals surface area contributed by atoms with Crippen LogP contribution in [0.25, 0.3) is 0 Å². The largest absolute Gasteiger partial charge is 0.450 e. The lowest BCUT2D eigenvalue weighted by Gasteiger charge is -2.11. The molecule has 14 heavy (non-hydrogen) atoms. The van der Waals surface area contributed by atoms with E-state index in [1.54, 1.807) is 21.0 Å². The summed E-state index contributed by atoms with van der Waals surface area (Å²) in [5.74, 6) is 0. The number of hydrogen-bond acceptors (Lipinski definition) is 3. The lowest BCUT2D eigenvalue weighted by Crippen LogP contribution is -2.39. The molecule has 3 amide bonds. The molecule has 0 aliphatic carbocycles. The Labute approximate surface area is 83.6 Å². The first kappa shape index (κ1) is 12.5. The third kappa shape index (κ3) is 6.10. The van der Waals surface area contributed by atoms with Gasteiger partial charge in [0.15, 0.2) is 0 Å². The van der Waals surface area contributed by atoms with Gasteiger partial charge in [-0.2, -0.15) is 0 Å². The monoisotopic (exact) mass is 203 g/mol. The molecule has 0 aliphatic rings. The van der Waals surface area contributed by atoms with E-state index in [4.69, 9.17) is 0 Å². The molecule has 0 aromatic rings. The average molecular weight is 203 g/mol. The van der Waals surface area contributed by atoms with Gasteiger partial charge in [-0.05, 0) is 6.92 Å². The molecule has 0 saturated carbocycles. The molecular formula is C8H17N3O3. The molecule has 0 fully saturated rings. The minimum absolute atomic E-state index is 0.185. The van der Waals surface area contributed by atoms with Gasteiger partial charge in [-0.1, -0.05) is 0 Å². The Morgan fingerprint density at radius 1 is 1.21 bits per heavy atom. The summed E-state index contributed by atoms with van der Waals surface area (Å²) in [5, 5.41) is 5.08. The Balaban J connectivity index is 3.38. The molecule has 6 nitrogen and oxygen atoms in total. The van der Waals surface area contributed by atoms with Crippen molar-refractivity contribution >= 4 is 12.1 Å². The van der Waals surface area contributed by atoms with Crippen molar-refractivity contribution in [1.82, 2.24) is 15.5 Å². The second-order valence-corrected chi connectivity index (χ2v) is 2.77. The van der Waals surface area contributed by atoms with Crippen LogP contribution < -0.4 is 10.6 Å². The fraction of sp³-hybridized carbons (Fsp3) is 0.750. The highest BCUT2D eigenvalue weighted by molar-refractivity contribution is 5.73. The second-order valence-electron chi connectivity index (χ2n) is 2.77. The van der Waals surface area contributed by atoms with E-state index in [2.05, 4.69) is 15.4 Å². The molecule has 0 heterocycles. The zero-order valence-corrected chi connectivity index (χ0v) is 8.79. The van der Waals surface area contributed by atoms with E-state index in [9.17, 15) is 9.59 Å². The molecule has 0 aliphatic heterocycles. The van der Waals surface area contributed by atoms with Crippen LogP contribution in [0, 0.1) is 0 Å². The highest BCUT2D eigenvalue weighted by atomic mass is 16.5. The predicted octanol–water partition coefficient (Wildman–Crippen LogP) is 0.00370. The standard InChI is InChI=1S/C8H17N3O3/c1-4-14-8(13)10-6-5-9-7(12)11(2)3/h4-6H2,1-3H3,(H,9,12)(H,10,13). The van der Waals surface area contributed by atoms with E-state index in [-0.39, 0.29) is 6.03 Å². The van der Waals surface area contributed by atoms with Gasteiger partial charge in [-0.25, -0.2) is 9.59 Å². The molecule has 0 unspecified atom stereocenters. The van der Waals surface area contributed by atoms with Gasteiger partial charge in [-0.3, -0.25) is 0 Å². The Kier molecular flexibility index (Phi) is 6.26. The molecule has 82 valence electrons. The van der Waals surface area contributed by atoms with Crippen molar-refractivity contribution in [3.8, 4) is 0 Å². The van der Waals surface area contributed by atoms with Gasteiger partial charge in [0.05, 0.1) is 6.61 Å². The molecule has 0 rings (SSSR count). The van der Waals surface area contributed by atoms with Gasteiger partial charge in [0.2, 0.25) is 0 Å². The van der Waals surface area contributed by atoms with Gasteiger partial charge in [0, 0.05) is 27.2 Å². The molecule has 0 aromatic heterocycles. The van der Waals surface area contributed by atoms with Gasteiger partial charge in [-0.15, -0.1) is 0 Å². The van der Waals surface area contributed by atoms with Crippen molar-refractivity contribution in [3.05, 3.63) is 0 Å². The highest BCUT2D eigenvalue weighted by Crippen LogP contribution is 1.77. The fourth-order valence-corrected chi connectivity index (χ4v) is 0.674. The van der Waals surface area contributed by atoms with Crippen molar-refractivity contribution in [1.29, 1.82) is 0 Å². The van der Waals surface area contributed by atoms with Crippen LogP contribution in [0.3, 0.4) is 0 Å². The maximum absolute atomic E-state index is 11.0. The summed E-state index contributed by atoms with van der Waals surface area (Å²) < 4.78 is 4.62. The molecule has 2 N–H and O–H groups in total. The Morgan fingerprint density at radius 3 is 2.29 bits per heavy atom. The quantitative estimate of drug-likeness (QED) is 0.632. The number of nitrogens with one attached hydrogen (secondary N) is 2. The zero-order valence-electron chi connectivity index (χ0n) is 8.79. The normalized spacial score (nSPS) is 9.07. The van der Waals surface area contributed by atoms with E-state index in [0.29, 0.717) is 19.7 Å². The maximum atomic E-state index is 11.0. The lowest BCUT2D eigenvalue weighted by molar-refractivity contribution is 0.152. The van der Waals surface area contributed by atoms with Gasteiger partial charge >= 0.3 is 12.1 Å². The average Bonchev–Trinajstić information content (AvgIpc) is 2.12. The smallest absolute Gasteiger partial charge is 0.407 e. The minimum Gasteiger partial charge on any atom is -0.450 e. The van der Waals surface area contributed by atoms with Crippen molar-refractivity contribution in [3.63, 3.8) is 0 Å². The highest BCUT2D eigenvalue weighted by Gasteiger charge is 2.02. The van der Waals surface area contributed by atoms with Crippen LogP contribution in [0.5, 0.6) is 0 Å². The van der Waals surface area contributed by atoms with Gasteiger partial charge < -0.3 is 20.3 Å². The number of alkyl carbamates (subject to hydrolysis) is 1. The minimum atomic E-state index is -0.466. The van der Waals surface area contributed by atoms with Crippen molar-refractivity contribution in [2.45, 2.75) is 6.92 Å². The third-order valence-electron chi connectivity index (χ3n) is 1.35. The van der Waals surface area contributed by atoms with Gasteiger partial charge in [0.25, 0.3) is 0 Å². The number of carbonyl (C=O) groups excluding carboxylic acids is 2. The maximum Gasteiger partial charge on any atom is 0.407 e. The van der Waals surface area contributed by atoms with E-state index in [1.165, 1.54) is 4.90 Å².